The number of methoxy groups -OCH3 is 2. The number of aryl methyl sites for hydroxylation is 1. The highest BCUT2D eigenvalue weighted by atomic mass is 32.2. The zero-order chi connectivity index (χ0) is 34.0. The lowest BCUT2D eigenvalue weighted by molar-refractivity contribution is 0.177. The van der Waals surface area contributed by atoms with Crippen molar-refractivity contribution in [2.24, 2.45) is 0 Å². The van der Waals surface area contributed by atoms with Gasteiger partial charge in [0.05, 0.1) is 32.0 Å². The van der Waals surface area contributed by atoms with Crippen molar-refractivity contribution in [1.29, 1.82) is 5.26 Å². The summed E-state index contributed by atoms with van der Waals surface area (Å²) in [4.78, 5) is 4.27. The molecule has 0 radical (unpaired) electrons. The highest BCUT2D eigenvalue weighted by Crippen LogP contribution is 2.43. The maximum atomic E-state index is 15.5. The van der Waals surface area contributed by atoms with E-state index in [2.05, 4.69) is 19.9 Å². The number of benzene rings is 2. The molecule has 0 spiro atoms. The Kier molecular flexibility index (Phi) is 9.91. The highest BCUT2D eigenvalue weighted by molar-refractivity contribution is 7.93. The minimum atomic E-state index is -4.36. The quantitative estimate of drug-likeness (QED) is 0.176. The molecule has 2 atom stereocenters. The van der Waals surface area contributed by atoms with Crippen molar-refractivity contribution in [1.82, 2.24) is 19.7 Å². The molecule has 4 rings (SSSR count). The number of rotatable bonds is 11. The van der Waals surface area contributed by atoms with Gasteiger partial charge in [0.1, 0.15) is 28.3 Å². The summed E-state index contributed by atoms with van der Waals surface area (Å²) in [6, 6.07) is 12.8. The first kappa shape index (κ1) is 34.5. The topological polar surface area (TPSA) is 141 Å². The molecule has 0 saturated heterocycles. The van der Waals surface area contributed by atoms with Gasteiger partial charge in [-0.15, -0.1) is 10.2 Å². The van der Waals surface area contributed by atoms with E-state index in [-0.39, 0.29) is 27.9 Å². The second kappa shape index (κ2) is 13.2. The molecule has 0 fully saturated rings. The van der Waals surface area contributed by atoms with Crippen LogP contribution in [-0.2, 0) is 14.4 Å². The van der Waals surface area contributed by atoms with Crippen molar-refractivity contribution in [2.75, 3.05) is 18.9 Å². The predicted octanol–water partition coefficient (Wildman–Crippen LogP) is 6.56. The summed E-state index contributed by atoms with van der Waals surface area (Å²) in [7, 11) is -4.06. The summed E-state index contributed by atoms with van der Waals surface area (Å²) >= 11 is 0. The number of nitrogens with zero attached hydrogens (tertiary/aromatic N) is 5. The van der Waals surface area contributed by atoms with Gasteiger partial charge in [-0.3, -0.25) is 14.3 Å². The first-order valence-electron chi connectivity index (χ1n) is 14.5. The molecule has 14 heteroatoms. The van der Waals surface area contributed by atoms with Crippen LogP contribution in [0.4, 0.5) is 10.3 Å². The molecule has 2 aromatic heterocycles. The van der Waals surface area contributed by atoms with E-state index < -0.39 is 35.5 Å². The van der Waals surface area contributed by atoms with Crippen molar-refractivity contribution < 1.29 is 26.7 Å². The smallest absolute Gasteiger partial charge is 0.243 e. The molecule has 2 heterocycles. The Morgan fingerprint density at radius 3 is 2.24 bits per heavy atom. The Hall–Kier alpha value is -4.32. The number of hydrogen-bond acceptors (Lipinski definition) is 9. The number of sulfonamides is 1. The summed E-state index contributed by atoms with van der Waals surface area (Å²) < 4.78 is 66.0. The fourth-order valence-corrected chi connectivity index (χ4v) is 7.11. The molecule has 2 aromatic carbocycles. The lowest BCUT2D eigenvalue weighted by Gasteiger charge is -2.40. The van der Waals surface area contributed by atoms with Crippen LogP contribution < -0.4 is 14.2 Å². The van der Waals surface area contributed by atoms with Gasteiger partial charge in [0.2, 0.25) is 16.0 Å². The van der Waals surface area contributed by atoms with Crippen LogP contribution in [0.5, 0.6) is 11.5 Å². The first-order chi connectivity index (χ1) is 21.5. The number of para-hydroxylation sites is 1. The minimum absolute atomic E-state index is 0.0288. The fraction of sp³-hybridized carbons (Fsp3) is 0.375. The number of anilines is 1. The van der Waals surface area contributed by atoms with Crippen molar-refractivity contribution in [3.8, 4) is 34.6 Å². The number of nitriles is 1. The van der Waals surface area contributed by atoms with E-state index in [0.29, 0.717) is 22.7 Å². The number of nitrogens with one attached hydrogen (secondary N) is 1. The van der Waals surface area contributed by atoms with Crippen LogP contribution in [0.25, 0.3) is 17.1 Å². The normalized spacial score (nSPS) is 13.5. The van der Waals surface area contributed by atoms with Gasteiger partial charge in [-0.1, -0.05) is 32.9 Å². The lowest BCUT2D eigenvalue weighted by atomic mass is 10.0. The van der Waals surface area contributed by atoms with Gasteiger partial charge in [0.15, 0.2) is 14.1 Å². The average molecular weight is 667 g/mol. The molecule has 0 aliphatic carbocycles. The third kappa shape index (κ3) is 6.91. The fourth-order valence-electron chi connectivity index (χ4n) is 4.60. The second-order valence-corrected chi connectivity index (χ2v) is 19.2. The van der Waals surface area contributed by atoms with E-state index >= 15 is 4.39 Å². The number of pyridine rings is 1. The van der Waals surface area contributed by atoms with Gasteiger partial charge in [-0.25, -0.2) is 12.8 Å². The number of hydrogen-bond donors (Lipinski definition) is 1. The van der Waals surface area contributed by atoms with Crippen LogP contribution >= 0.6 is 0 Å². The Balaban J connectivity index is 1.89. The molecule has 244 valence electrons. The van der Waals surface area contributed by atoms with Crippen LogP contribution in [0, 0.1) is 24.1 Å². The van der Waals surface area contributed by atoms with Gasteiger partial charge in [0, 0.05) is 23.5 Å². The van der Waals surface area contributed by atoms with Gasteiger partial charge in [0.25, 0.3) is 0 Å². The minimum Gasteiger partial charge on any atom is -0.494 e. The third-order valence-electron chi connectivity index (χ3n) is 8.23. The van der Waals surface area contributed by atoms with E-state index in [1.54, 1.807) is 30.6 Å². The zero-order valence-electron chi connectivity index (χ0n) is 27.4. The summed E-state index contributed by atoms with van der Waals surface area (Å²) in [6.45, 7) is 13.3. The second-order valence-electron chi connectivity index (χ2n) is 12.4. The molecule has 0 amide bonds. The third-order valence-corrected chi connectivity index (χ3v) is 14.4. The van der Waals surface area contributed by atoms with Crippen LogP contribution in [0.2, 0.25) is 18.1 Å². The van der Waals surface area contributed by atoms with E-state index in [4.69, 9.17) is 13.9 Å². The van der Waals surface area contributed by atoms with E-state index in [1.165, 1.54) is 37.8 Å². The Labute approximate surface area is 270 Å². The molecule has 0 unspecified atom stereocenters. The van der Waals surface area contributed by atoms with Gasteiger partial charge in [-0.2, -0.15) is 5.26 Å². The first-order valence-corrected chi connectivity index (χ1v) is 19.0. The van der Waals surface area contributed by atoms with Gasteiger partial charge >= 0.3 is 0 Å². The monoisotopic (exact) mass is 666 g/mol. The standard InChI is InChI=1S/C32H39FN6O5SSi/c1-20-15-23(19-35-18-20)30-36-37-31(39(30)28-26(42-6)11-10-12-27(28)43-7)38-45(40,41)21(2)29(44-46(8,9)32(3,4)5)24-14-13-22(17-34)16-25(24)33/h10-16,18-19,21,29H,1-9H3,(H,37,38)/t21-,29+/m1/s1. The summed E-state index contributed by atoms with van der Waals surface area (Å²) in [5.74, 6) is 0.122. The van der Waals surface area contributed by atoms with Gasteiger partial charge in [-0.05, 0) is 67.9 Å². The van der Waals surface area contributed by atoms with Crippen molar-refractivity contribution in [3.05, 3.63) is 77.4 Å². The Morgan fingerprint density at radius 1 is 1.04 bits per heavy atom. The van der Waals surface area contributed by atoms with Crippen molar-refractivity contribution in [2.45, 2.75) is 64.1 Å². The molecule has 46 heavy (non-hydrogen) atoms. The van der Waals surface area contributed by atoms with Gasteiger partial charge < -0.3 is 13.9 Å². The van der Waals surface area contributed by atoms with Crippen LogP contribution in [-0.4, -0.2) is 56.0 Å². The maximum Gasteiger partial charge on any atom is 0.243 e. The Bertz CT molecular complexity index is 1860. The number of aromatic nitrogens is 4. The van der Waals surface area contributed by atoms with E-state index in [1.807, 2.05) is 52.9 Å². The summed E-state index contributed by atoms with van der Waals surface area (Å²) in [6.07, 6.45) is 2.06. The largest absolute Gasteiger partial charge is 0.494 e. The number of ether oxygens (including phenoxy) is 2. The van der Waals surface area contributed by atoms with Crippen LogP contribution in [0.15, 0.2) is 54.9 Å². The molecular formula is C32H39FN6O5SSi. The summed E-state index contributed by atoms with van der Waals surface area (Å²) in [5.41, 5.74) is 1.91. The molecule has 0 bridgehead atoms. The Morgan fingerprint density at radius 2 is 1.70 bits per heavy atom. The SMILES string of the molecule is COc1cccc(OC)c1-n1c(NS(=O)(=O)[C@H](C)[C@H](O[Si](C)(C)C(C)(C)C)c2ccc(C#N)cc2F)nnc1-c1cncc(C)c1. The van der Waals surface area contributed by atoms with Crippen LogP contribution in [0.3, 0.4) is 0 Å². The predicted molar refractivity (Wildman–Crippen MR) is 177 cm³/mol. The van der Waals surface area contributed by atoms with Crippen LogP contribution in [0.1, 0.15) is 50.5 Å². The molecule has 0 saturated carbocycles. The molecule has 4 aromatic rings. The lowest BCUT2D eigenvalue weighted by Crippen LogP contribution is -2.45. The van der Waals surface area contributed by atoms with Crippen molar-refractivity contribution in [3.63, 3.8) is 0 Å². The molecular weight excluding hydrogens is 628 g/mol. The average Bonchev–Trinajstić information content (AvgIpc) is 3.40. The molecule has 0 aliphatic rings. The van der Waals surface area contributed by atoms with Crippen molar-refractivity contribution >= 4 is 24.3 Å². The molecule has 0 aliphatic heterocycles. The molecule has 1 N–H and O–H groups in total. The highest BCUT2D eigenvalue weighted by Gasteiger charge is 2.44. The zero-order valence-corrected chi connectivity index (χ0v) is 29.2. The van der Waals surface area contributed by atoms with E-state index in [0.717, 1.165) is 11.6 Å². The molecule has 11 nitrogen and oxygen atoms in total. The maximum absolute atomic E-state index is 15.5. The van der Waals surface area contributed by atoms with E-state index in [9.17, 15) is 13.7 Å². The number of halogens is 1. The summed E-state index contributed by atoms with van der Waals surface area (Å²) in [5, 5.41) is 16.2.